The molecule has 0 amide bonds. The Morgan fingerprint density at radius 2 is 1.90 bits per heavy atom. The smallest absolute Gasteiger partial charge is 0.387 e. The van der Waals surface area contributed by atoms with Crippen LogP contribution in [-0.4, -0.2) is 12.4 Å². The Hall–Kier alpha value is -1.59. The normalized spacial score (nSPS) is 17.0. The number of ether oxygens (including phenoxy) is 1. The van der Waals surface area contributed by atoms with Gasteiger partial charge in [0.2, 0.25) is 0 Å². The molecule has 0 saturated heterocycles. The third-order valence-corrected chi connectivity index (χ3v) is 4.58. The van der Waals surface area contributed by atoms with Crippen LogP contribution in [0.3, 0.4) is 0 Å². The molecule has 1 N–H and O–H groups in total. The molecule has 0 aromatic heterocycles. The minimum atomic E-state index is -2.78. The van der Waals surface area contributed by atoms with Gasteiger partial charge in [-0.3, -0.25) is 0 Å². The third kappa shape index (κ3) is 3.54. The highest BCUT2D eigenvalue weighted by molar-refractivity contribution is 7.99. The van der Waals surface area contributed by atoms with Crippen molar-refractivity contribution < 1.29 is 13.5 Å². The highest BCUT2D eigenvalue weighted by Crippen LogP contribution is 2.37. The van der Waals surface area contributed by atoms with Crippen LogP contribution in [0.15, 0.2) is 53.4 Å². The first-order valence-corrected chi connectivity index (χ1v) is 7.70. The molecule has 0 aliphatic carbocycles. The molecule has 21 heavy (non-hydrogen) atoms. The van der Waals surface area contributed by atoms with Crippen LogP contribution < -0.4 is 10.1 Å². The lowest BCUT2D eigenvalue weighted by Gasteiger charge is -2.13. The van der Waals surface area contributed by atoms with Gasteiger partial charge < -0.3 is 10.1 Å². The quantitative estimate of drug-likeness (QED) is 0.893. The Morgan fingerprint density at radius 1 is 1.14 bits per heavy atom. The highest BCUT2D eigenvalue weighted by atomic mass is 32.2. The fourth-order valence-corrected chi connectivity index (χ4v) is 3.56. The van der Waals surface area contributed by atoms with Gasteiger partial charge in [-0.15, -0.1) is 11.8 Å². The molecule has 2 aromatic carbocycles. The summed E-state index contributed by atoms with van der Waals surface area (Å²) in [6.07, 6.45) is 0. The molecule has 2 nitrogen and oxygen atoms in total. The molecule has 1 heterocycles. The van der Waals surface area contributed by atoms with Crippen LogP contribution in [0.5, 0.6) is 5.75 Å². The SMILES string of the molecule is FC(F)Oc1ccc(CNC2CSc3ccccc32)cc1. The first-order valence-electron chi connectivity index (χ1n) is 6.71. The van der Waals surface area contributed by atoms with E-state index in [9.17, 15) is 8.78 Å². The van der Waals surface area contributed by atoms with Crippen LogP contribution >= 0.6 is 11.8 Å². The van der Waals surface area contributed by atoms with Crippen molar-refractivity contribution in [3.63, 3.8) is 0 Å². The number of thioether (sulfide) groups is 1. The zero-order valence-corrected chi connectivity index (χ0v) is 12.1. The maximum atomic E-state index is 12.1. The van der Waals surface area contributed by atoms with E-state index < -0.39 is 6.61 Å². The second-order valence-electron chi connectivity index (χ2n) is 4.80. The van der Waals surface area contributed by atoms with E-state index in [1.807, 2.05) is 11.8 Å². The van der Waals surface area contributed by atoms with Crippen LogP contribution in [0.25, 0.3) is 0 Å². The summed E-state index contributed by atoms with van der Waals surface area (Å²) in [5, 5.41) is 3.50. The predicted molar refractivity (Wildman–Crippen MR) is 79.8 cm³/mol. The van der Waals surface area contributed by atoms with Crippen LogP contribution in [0.2, 0.25) is 0 Å². The Labute approximate surface area is 126 Å². The van der Waals surface area contributed by atoms with Gasteiger partial charge in [-0.05, 0) is 29.3 Å². The van der Waals surface area contributed by atoms with Gasteiger partial charge in [0.05, 0.1) is 0 Å². The van der Waals surface area contributed by atoms with E-state index in [1.54, 1.807) is 24.3 Å². The number of fused-ring (bicyclic) bond motifs is 1. The van der Waals surface area contributed by atoms with Crippen molar-refractivity contribution in [1.82, 2.24) is 5.32 Å². The van der Waals surface area contributed by atoms with Crippen molar-refractivity contribution in [1.29, 1.82) is 0 Å². The van der Waals surface area contributed by atoms with Gasteiger partial charge in [0.15, 0.2) is 0 Å². The molecule has 1 aliphatic heterocycles. The Balaban J connectivity index is 1.59. The first kappa shape index (κ1) is 14.4. The lowest BCUT2D eigenvalue weighted by molar-refractivity contribution is -0.0498. The van der Waals surface area contributed by atoms with E-state index in [0.29, 0.717) is 12.6 Å². The molecule has 5 heteroatoms. The molecule has 110 valence electrons. The molecule has 0 fully saturated rings. The largest absolute Gasteiger partial charge is 0.435 e. The number of rotatable bonds is 5. The summed E-state index contributed by atoms with van der Waals surface area (Å²) in [4.78, 5) is 1.33. The molecule has 2 aromatic rings. The zero-order valence-electron chi connectivity index (χ0n) is 11.3. The van der Waals surface area contributed by atoms with Gasteiger partial charge in [0, 0.05) is 23.2 Å². The third-order valence-electron chi connectivity index (χ3n) is 3.40. The zero-order chi connectivity index (χ0) is 14.7. The van der Waals surface area contributed by atoms with Gasteiger partial charge in [-0.25, -0.2) is 0 Å². The topological polar surface area (TPSA) is 21.3 Å². The van der Waals surface area contributed by atoms with Crippen molar-refractivity contribution in [2.75, 3.05) is 5.75 Å². The average Bonchev–Trinajstić information content (AvgIpc) is 2.89. The molecule has 0 radical (unpaired) electrons. The van der Waals surface area contributed by atoms with Crippen molar-refractivity contribution in [2.45, 2.75) is 24.1 Å². The van der Waals surface area contributed by atoms with Gasteiger partial charge in [0.1, 0.15) is 5.75 Å². The van der Waals surface area contributed by atoms with Gasteiger partial charge in [0.25, 0.3) is 0 Å². The summed E-state index contributed by atoms with van der Waals surface area (Å²) in [7, 11) is 0. The standard InChI is InChI=1S/C16H15F2NOS/c17-16(18)20-12-7-5-11(6-8-12)9-19-14-10-21-15-4-2-1-3-13(14)15/h1-8,14,16,19H,9-10H2. The molecule has 1 aliphatic rings. The fraction of sp³-hybridized carbons (Fsp3) is 0.250. The second kappa shape index (κ2) is 6.45. The van der Waals surface area contributed by atoms with E-state index in [-0.39, 0.29) is 5.75 Å². The lowest BCUT2D eigenvalue weighted by atomic mass is 10.1. The summed E-state index contributed by atoms with van der Waals surface area (Å²) >= 11 is 1.85. The monoisotopic (exact) mass is 307 g/mol. The van der Waals surface area contributed by atoms with E-state index in [2.05, 4.69) is 34.3 Å². The first-order chi connectivity index (χ1) is 10.2. The number of benzene rings is 2. The summed E-state index contributed by atoms with van der Waals surface area (Å²) in [6.45, 7) is -2.07. The molecule has 0 spiro atoms. The lowest BCUT2D eigenvalue weighted by Crippen LogP contribution is -2.20. The number of halogens is 2. The molecule has 1 unspecified atom stereocenters. The van der Waals surface area contributed by atoms with Crippen molar-refractivity contribution >= 4 is 11.8 Å². The molecule has 3 rings (SSSR count). The van der Waals surface area contributed by atoms with E-state index in [0.717, 1.165) is 11.3 Å². The van der Waals surface area contributed by atoms with Gasteiger partial charge in [-0.2, -0.15) is 8.78 Å². The van der Waals surface area contributed by atoms with E-state index >= 15 is 0 Å². The van der Waals surface area contributed by atoms with Gasteiger partial charge >= 0.3 is 6.61 Å². The van der Waals surface area contributed by atoms with Gasteiger partial charge in [-0.1, -0.05) is 30.3 Å². The number of nitrogens with one attached hydrogen (secondary N) is 1. The number of hydrogen-bond acceptors (Lipinski definition) is 3. The maximum absolute atomic E-state index is 12.1. The molecule has 1 atom stereocenters. The van der Waals surface area contributed by atoms with Crippen molar-refractivity contribution in [2.24, 2.45) is 0 Å². The van der Waals surface area contributed by atoms with E-state index in [4.69, 9.17) is 0 Å². The molecule has 0 saturated carbocycles. The van der Waals surface area contributed by atoms with Crippen LogP contribution in [0.4, 0.5) is 8.78 Å². The predicted octanol–water partition coefficient (Wildman–Crippen LogP) is 4.22. The Kier molecular flexibility index (Phi) is 4.41. The summed E-state index contributed by atoms with van der Waals surface area (Å²) in [5.41, 5.74) is 2.38. The minimum absolute atomic E-state index is 0.190. The van der Waals surface area contributed by atoms with Crippen LogP contribution in [0.1, 0.15) is 17.2 Å². The molecule has 0 bridgehead atoms. The van der Waals surface area contributed by atoms with Crippen molar-refractivity contribution in [3.05, 3.63) is 59.7 Å². The summed E-state index contributed by atoms with van der Waals surface area (Å²) in [6, 6.07) is 15.5. The highest BCUT2D eigenvalue weighted by Gasteiger charge is 2.21. The molecular weight excluding hydrogens is 292 g/mol. The number of alkyl halides is 2. The van der Waals surface area contributed by atoms with Crippen molar-refractivity contribution in [3.8, 4) is 5.75 Å². The maximum Gasteiger partial charge on any atom is 0.387 e. The minimum Gasteiger partial charge on any atom is -0.435 e. The van der Waals surface area contributed by atoms with Crippen LogP contribution in [-0.2, 0) is 6.54 Å². The summed E-state index contributed by atoms with van der Waals surface area (Å²) in [5.74, 6) is 1.21. The Morgan fingerprint density at radius 3 is 2.67 bits per heavy atom. The molecular formula is C16H15F2NOS. The van der Waals surface area contributed by atoms with Crippen LogP contribution in [0, 0.1) is 0 Å². The number of hydrogen-bond donors (Lipinski definition) is 1. The summed E-state index contributed by atoms with van der Waals surface area (Å²) < 4.78 is 28.5. The fourth-order valence-electron chi connectivity index (χ4n) is 2.36. The second-order valence-corrected chi connectivity index (χ2v) is 5.87. The average molecular weight is 307 g/mol. The van der Waals surface area contributed by atoms with E-state index in [1.165, 1.54) is 10.5 Å². The Bertz CT molecular complexity index is 603.